The first-order valence-corrected chi connectivity index (χ1v) is 5.46. The van der Waals surface area contributed by atoms with Crippen molar-refractivity contribution in [1.82, 2.24) is 9.78 Å². The van der Waals surface area contributed by atoms with Crippen LogP contribution in [-0.4, -0.2) is 28.9 Å². The van der Waals surface area contributed by atoms with Gasteiger partial charge in [0.15, 0.2) is 0 Å². The molecule has 0 aliphatic carbocycles. The summed E-state index contributed by atoms with van der Waals surface area (Å²) in [5, 5.41) is 4.20. The predicted octanol–water partition coefficient (Wildman–Crippen LogP) is 0.897. The smallest absolute Gasteiger partial charge is 0.324 e. The molecule has 0 fully saturated rings. The van der Waals surface area contributed by atoms with Crippen molar-refractivity contribution >= 4 is 5.97 Å². The van der Waals surface area contributed by atoms with Gasteiger partial charge in [0.25, 0.3) is 0 Å². The molecule has 16 heavy (non-hydrogen) atoms. The Kier molecular flexibility index (Phi) is 4.49. The van der Waals surface area contributed by atoms with Crippen molar-refractivity contribution in [2.75, 3.05) is 7.11 Å². The van der Waals surface area contributed by atoms with Crippen LogP contribution in [0.25, 0.3) is 0 Å². The fourth-order valence-electron chi connectivity index (χ4n) is 1.52. The van der Waals surface area contributed by atoms with E-state index >= 15 is 0 Å². The number of carbonyl (C=O) groups excluding carboxylic acids is 1. The Morgan fingerprint density at radius 2 is 2.38 bits per heavy atom. The van der Waals surface area contributed by atoms with Crippen molar-refractivity contribution in [3.8, 4) is 0 Å². The average Bonchev–Trinajstić information content (AvgIpc) is 2.75. The van der Waals surface area contributed by atoms with Gasteiger partial charge in [0.2, 0.25) is 0 Å². The Hall–Kier alpha value is -1.36. The summed E-state index contributed by atoms with van der Waals surface area (Å²) in [7, 11) is 1.33. The summed E-state index contributed by atoms with van der Waals surface area (Å²) in [5.74, 6) is -0.417. The molecule has 5 heteroatoms. The number of aryl methyl sites for hydroxylation is 1. The summed E-state index contributed by atoms with van der Waals surface area (Å²) < 4.78 is 6.32. The third-order valence-corrected chi connectivity index (χ3v) is 2.60. The molecule has 0 saturated heterocycles. The summed E-state index contributed by atoms with van der Waals surface area (Å²) in [6, 6.07) is -0.877. The molecule has 2 atom stereocenters. The number of nitrogens with two attached hydrogens (primary N) is 1. The maximum absolute atomic E-state index is 11.3. The minimum Gasteiger partial charge on any atom is -0.468 e. The number of aromatic nitrogens is 2. The van der Waals surface area contributed by atoms with E-state index in [0.29, 0.717) is 0 Å². The van der Waals surface area contributed by atoms with Crippen LogP contribution in [0.5, 0.6) is 0 Å². The molecule has 1 aromatic rings. The van der Waals surface area contributed by atoms with Gasteiger partial charge in [0, 0.05) is 6.20 Å². The number of hydrogen-bond donors (Lipinski definition) is 1. The van der Waals surface area contributed by atoms with Crippen LogP contribution in [0.3, 0.4) is 0 Å². The fourth-order valence-corrected chi connectivity index (χ4v) is 1.52. The lowest BCUT2D eigenvalue weighted by molar-refractivity contribution is -0.143. The maximum atomic E-state index is 11.3. The highest BCUT2D eigenvalue weighted by Gasteiger charge is 2.23. The second-order valence-electron chi connectivity index (χ2n) is 3.87. The van der Waals surface area contributed by atoms with Crippen LogP contribution < -0.4 is 5.73 Å². The minimum atomic E-state index is -0.681. The quantitative estimate of drug-likeness (QED) is 0.756. The first kappa shape index (κ1) is 12.7. The van der Waals surface area contributed by atoms with Crippen LogP contribution in [0.4, 0.5) is 0 Å². The third-order valence-electron chi connectivity index (χ3n) is 2.60. The number of ether oxygens (including phenoxy) is 1. The Labute approximate surface area is 95.6 Å². The van der Waals surface area contributed by atoms with E-state index in [-0.39, 0.29) is 6.04 Å². The summed E-state index contributed by atoms with van der Waals surface area (Å²) in [6.45, 7) is 3.96. The highest BCUT2D eigenvalue weighted by atomic mass is 16.5. The third kappa shape index (κ3) is 2.82. The lowest BCUT2D eigenvalue weighted by Gasteiger charge is -2.17. The van der Waals surface area contributed by atoms with Gasteiger partial charge >= 0.3 is 5.97 Å². The van der Waals surface area contributed by atoms with Crippen LogP contribution in [0, 0.1) is 0 Å². The topological polar surface area (TPSA) is 70.1 Å². The number of rotatable bonds is 5. The van der Waals surface area contributed by atoms with Gasteiger partial charge in [-0.1, -0.05) is 13.3 Å². The predicted molar refractivity (Wildman–Crippen MR) is 60.9 cm³/mol. The molecule has 2 unspecified atom stereocenters. The molecule has 0 saturated carbocycles. The van der Waals surface area contributed by atoms with Gasteiger partial charge in [-0.3, -0.25) is 9.48 Å². The lowest BCUT2D eigenvalue weighted by atomic mass is 10.1. The molecule has 1 heterocycles. The van der Waals surface area contributed by atoms with E-state index in [1.165, 1.54) is 7.11 Å². The molecular formula is C11H19N3O2. The zero-order valence-electron chi connectivity index (χ0n) is 10.0. The summed E-state index contributed by atoms with van der Waals surface area (Å²) in [4.78, 5) is 11.3. The van der Waals surface area contributed by atoms with Gasteiger partial charge in [0.05, 0.1) is 19.3 Å². The molecule has 90 valence electrons. The van der Waals surface area contributed by atoms with Crippen molar-refractivity contribution in [3.63, 3.8) is 0 Å². The van der Waals surface area contributed by atoms with Gasteiger partial charge < -0.3 is 10.5 Å². The van der Waals surface area contributed by atoms with Gasteiger partial charge in [-0.25, -0.2) is 0 Å². The van der Waals surface area contributed by atoms with Gasteiger partial charge in [0.1, 0.15) is 6.04 Å². The molecule has 5 nitrogen and oxygen atoms in total. The zero-order valence-corrected chi connectivity index (χ0v) is 10.0. The second-order valence-corrected chi connectivity index (χ2v) is 3.87. The minimum absolute atomic E-state index is 0.196. The van der Waals surface area contributed by atoms with Crippen LogP contribution >= 0.6 is 0 Å². The van der Waals surface area contributed by atoms with Crippen LogP contribution in [0.15, 0.2) is 12.4 Å². The first-order chi connectivity index (χ1) is 7.60. The SMILES string of the molecule is CCCc1cnn(C(C)C(N)C(=O)OC)c1. The normalized spacial score (nSPS) is 14.5. The van der Waals surface area contributed by atoms with Gasteiger partial charge in [-0.05, 0) is 18.9 Å². The number of carbonyl (C=O) groups is 1. The fraction of sp³-hybridized carbons (Fsp3) is 0.636. The van der Waals surface area contributed by atoms with Crippen molar-refractivity contribution in [3.05, 3.63) is 18.0 Å². The molecule has 0 spiro atoms. The molecule has 0 aromatic carbocycles. The molecule has 0 radical (unpaired) electrons. The van der Waals surface area contributed by atoms with Crippen molar-refractivity contribution in [2.24, 2.45) is 5.73 Å². The Morgan fingerprint density at radius 1 is 1.69 bits per heavy atom. The molecular weight excluding hydrogens is 206 g/mol. The molecule has 1 rings (SSSR count). The monoisotopic (exact) mass is 225 g/mol. The van der Waals surface area contributed by atoms with E-state index in [9.17, 15) is 4.79 Å². The van der Waals surface area contributed by atoms with E-state index in [1.54, 1.807) is 4.68 Å². The van der Waals surface area contributed by atoms with Gasteiger partial charge in [-0.2, -0.15) is 5.10 Å². The molecule has 0 bridgehead atoms. The number of methoxy groups -OCH3 is 1. The molecule has 0 aliphatic rings. The van der Waals surface area contributed by atoms with E-state index in [2.05, 4.69) is 16.8 Å². The average molecular weight is 225 g/mol. The lowest BCUT2D eigenvalue weighted by Crippen LogP contribution is -2.39. The Morgan fingerprint density at radius 3 is 2.94 bits per heavy atom. The highest BCUT2D eigenvalue weighted by molar-refractivity contribution is 5.75. The Bertz CT molecular complexity index is 349. The second kappa shape index (κ2) is 5.65. The van der Waals surface area contributed by atoms with Crippen molar-refractivity contribution in [2.45, 2.75) is 38.8 Å². The van der Waals surface area contributed by atoms with Crippen LogP contribution in [-0.2, 0) is 16.0 Å². The summed E-state index contributed by atoms with van der Waals surface area (Å²) in [6.07, 6.45) is 5.80. The standard InChI is InChI=1S/C11H19N3O2/c1-4-5-9-6-13-14(7-9)8(2)10(12)11(15)16-3/h6-8,10H,4-5,12H2,1-3H3. The summed E-state index contributed by atoms with van der Waals surface area (Å²) in [5.41, 5.74) is 6.91. The number of hydrogen-bond acceptors (Lipinski definition) is 4. The largest absolute Gasteiger partial charge is 0.468 e. The van der Waals surface area contributed by atoms with Crippen molar-refractivity contribution < 1.29 is 9.53 Å². The molecule has 0 amide bonds. The maximum Gasteiger partial charge on any atom is 0.324 e. The molecule has 0 aliphatic heterocycles. The van der Waals surface area contributed by atoms with E-state index < -0.39 is 12.0 Å². The van der Waals surface area contributed by atoms with E-state index in [1.807, 2.05) is 19.3 Å². The zero-order chi connectivity index (χ0) is 12.1. The highest BCUT2D eigenvalue weighted by Crippen LogP contribution is 2.11. The summed E-state index contributed by atoms with van der Waals surface area (Å²) >= 11 is 0. The Balaban J connectivity index is 2.71. The molecule has 1 aromatic heterocycles. The van der Waals surface area contributed by atoms with Crippen LogP contribution in [0.1, 0.15) is 31.9 Å². The van der Waals surface area contributed by atoms with Crippen molar-refractivity contribution in [1.29, 1.82) is 0 Å². The molecule has 2 N–H and O–H groups in total. The van der Waals surface area contributed by atoms with E-state index in [0.717, 1.165) is 18.4 Å². The van der Waals surface area contributed by atoms with Crippen LogP contribution in [0.2, 0.25) is 0 Å². The number of nitrogens with zero attached hydrogens (tertiary/aromatic N) is 2. The van der Waals surface area contributed by atoms with Gasteiger partial charge in [-0.15, -0.1) is 0 Å². The van der Waals surface area contributed by atoms with E-state index in [4.69, 9.17) is 5.73 Å². The first-order valence-electron chi connectivity index (χ1n) is 5.46. The number of esters is 1.